The summed E-state index contributed by atoms with van der Waals surface area (Å²) < 4.78 is 11.3. The van der Waals surface area contributed by atoms with Crippen LogP contribution < -0.4 is 9.47 Å². The van der Waals surface area contributed by atoms with Crippen molar-refractivity contribution >= 4 is 5.97 Å². The number of hydrogen-bond donors (Lipinski definition) is 0. The lowest BCUT2D eigenvalue weighted by Crippen LogP contribution is -2.11. The molecule has 0 aliphatic heterocycles. The summed E-state index contributed by atoms with van der Waals surface area (Å²) in [4.78, 5) is 12.3. The highest BCUT2D eigenvalue weighted by atomic mass is 16.5. The van der Waals surface area contributed by atoms with Crippen LogP contribution in [0.2, 0.25) is 0 Å². The van der Waals surface area contributed by atoms with Crippen LogP contribution in [0.3, 0.4) is 0 Å². The molecule has 27 heavy (non-hydrogen) atoms. The van der Waals surface area contributed by atoms with Crippen molar-refractivity contribution in [2.45, 2.75) is 65.9 Å². The standard InChI is InChI=1S/C24H32O3/c1-5-7-19(4)26-22-16-12-21(13-17-22)24(25)27-23-14-10-20(11-15-23)9-8-18(3)6-2/h10-19H,5-9H2,1-4H3/t18-,19+/m0/s1. The Balaban J connectivity index is 1.89. The number of hydrogen-bond acceptors (Lipinski definition) is 3. The molecule has 0 heterocycles. The van der Waals surface area contributed by atoms with E-state index in [1.54, 1.807) is 12.1 Å². The Morgan fingerprint density at radius 3 is 2.11 bits per heavy atom. The number of aryl methyl sites for hydroxylation is 1. The summed E-state index contributed by atoms with van der Waals surface area (Å²) in [5, 5.41) is 0. The predicted molar refractivity (Wildman–Crippen MR) is 111 cm³/mol. The minimum atomic E-state index is -0.351. The quantitative estimate of drug-likeness (QED) is 0.357. The third-order valence-electron chi connectivity index (χ3n) is 4.88. The molecule has 0 bridgehead atoms. The fraction of sp³-hybridized carbons (Fsp3) is 0.458. The number of carbonyl (C=O) groups excluding carboxylic acids is 1. The molecule has 0 amide bonds. The normalized spacial score (nSPS) is 13.0. The molecule has 0 aromatic heterocycles. The molecular weight excluding hydrogens is 336 g/mol. The van der Waals surface area contributed by atoms with Gasteiger partial charge in [-0.05, 0) is 74.1 Å². The predicted octanol–water partition coefficient (Wildman–Crippen LogP) is 6.45. The minimum absolute atomic E-state index is 0.173. The van der Waals surface area contributed by atoms with Gasteiger partial charge in [0.05, 0.1) is 11.7 Å². The zero-order valence-corrected chi connectivity index (χ0v) is 17.0. The Bertz CT molecular complexity index is 689. The third kappa shape index (κ3) is 7.09. The van der Waals surface area contributed by atoms with E-state index in [9.17, 15) is 4.79 Å². The fourth-order valence-electron chi connectivity index (χ4n) is 2.87. The van der Waals surface area contributed by atoms with Gasteiger partial charge in [0.25, 0.3) is 0 Å². The average molecular weight is 369 g/mol. The van der Waals surface area contributed by atoms with Crippen molar-refractivity contribution in [1.29, 1.82) is 0 Å². The second kappa shape index (κ2) is 10.8. The summed E-state index contributed by atoms with van der Waals surface area (Å²) in [6, 6.07) is 14.9. The van der Waals surface area contributed by atoms with Gasteiger partial charge in [-0.25, -0.2) is 4.79 Å². The maximum absolute atomic E-state index is 12.3. The van der Waals surface area contributed by atoms with Gasteiger partial charge in [-0.2, -0.15) is 0 Å². The highest BCUT2D eigenvalue weighted by molar-refractivity contribution is 5.91. The summed E-state index contributed by atoms with van der Waals surface area (Å²) in [5.41, 5.74) is 1.80. The highest BCUT2D eigenvalue weighted by Crippen LogP contribution is 2.19. The molecule has 3 nitrogen and oxygen atoms in total. The van der Waals surface area contributed by atoms with Gasteiger partial charge in [0.2, 0.25) is 0 Å². The molecule has 0 aliphatic rings. The first kappa shape index (κ1) is 21.0. The molecule has 0 N–H and O–H groups in total. The van der Waals surface area contributed by atoms with E-state index in [1.165, 1.54) is 18.4 Å². The van der Waals surface area contributed by atoms with E-state index >= 15 is 0 Å². The summed E-state index contributed by atoms with van der Waals surface area (Å²) in [6.45, 7) is 8.68. The second-order valence-electron chi connectivity index (χ2n) is 7.33. The average Bonchev–Trinajstić information content (AvgIpc) is 2.67. The molecule has 2 rings (SSSR count). The van der Waals surface area contributed by atoms with Gasteiger partial charge in [-0.1, -0.05) is 45.7 Å². The fourth-order valence-corrected chi connectivity index (χ4v) is 2.87. The maximum atomic E-state index is 12.3. The van der Waals surface area contributed by atoms with Crippen LogP contribution in [-0.2, 0) is 6.42 Å². The van der Waals surface area contributed by atoms with Crippen LogP contribution in [-0.4, -0.2) is 12.1 Å². The summed E-state index contributed by atoms with van der Waals surface area (Å²) >= 11 is 0. The summed E-state index contributed by atoms with van der Waals surface area (Å²) in [7, 11) is 0. The topological polar surface area (TPSA) is 35.5 Å². The lowest BCUT2D eigenvalue weighted by Gasteiger charge is -2.13. The van der Waals surface area contributed by atoms with E-state index in [4.69, 9.17) is 9.47 Å². The molecule has 0 fully saturated rings. The van der Waals surface area contributed by atoms with Crippen LogP contribution in [0.25, 0.3) is 0 Å². The molecule has 0 spiro atoms. The highest BCUT2D eigenvalue weighted by Gasteiger charge is 2.10. The molecule has 0 saturated heterocycles. The molecule has 0 saturated carbocycles. The van der Waals surface area contributed by atoms with Crippen molar-refractivity contribution in [2.24, 2.45) is 5.92 Å². The molecular formula is C24H32O3. The van der Waals surface area contributed by atoms with E-state index in [0.717, 1.165) is 30.9 Å². The van der Waals surface area contributed by atoms with E-state index in [-0.39, 0.29) is 12.1 Å². The molecule has 0 unspecified atom stereocenters. The Labute approximate surface area is 163 Å². The number of ether oxygens (including phenoxy) is 2. The van der Waals surface area contributed by atoms with Crippen LogP contribution in [0.5, 0.6) is 11.5 Å². The zero-order chi connectivity index (χ0) is 19.6. The first-order valence-electron chi connectivity index (χ1n) is 10.1. The van der Waals surface area contributed by atoms with Crippen molar-refractivity contribution in [1.82, 2.24) is 0 Å². The SMILES string of the molecule is CCC[C@@H](C)Oc1ccc(C(=O)Oc2ccc(CC[C@@H](C)CC)cc2)cc1. The van der Waals surface area contributed by atoms with Crippen molar-refractivity contribution in [3.63, 3.8) is 0 Å². The van der Waals surface area contributed by atoms with Crippen LogP contribution in [0, 0.1) is 5.92 Å². The van der Waals surface area contributed by atoms with Crippen molar-refractivity contribution in [2.75, 3.05) is 0 Å². The van der Waals surface area contributed by atoms with Gasteiger partial charge in [0.1, 0.15) is 11.5 Å². The largest absolute Gasteiger partial charge is 0.491 e. The molecule has 3 heteroatoms. The van der Waals surface area contributed by atoms with Crippen LogP contribution in [0.4, 0.5) is 0 Å². The molecule has 2 atom stereocenters. The number of esters is 1. The molecule has 2 aromatic carbocycles. The van der Waals surface area contributed by atoms with E-state index in [1.807, 2.05) is 36.4 Å². The third-order valence-corrected chi connectivity index (χ3v) is 4.88. The minimum Gasteiger partial charge on any atom is -0.491 e. The van der Waals surface area contributed by atoms with Gasteiger partial charge >= 0.3 is 5.97 Å². The maximum Gasteiger partial charge on any atom is 0.343 e. The lowest BCUT2D eigenvalue weighted by molar-refractivity contribution is 0.0734. The van der Waals surface area contributed by atoms with Gasteiger partial charge in [-0.3, -0.25) is 0 Å². The molecule has 0 radical (unpaired) electrons. The van der Waals surface area contributed by atoms with E-state index < -0.39 is 0 Å². The Kier molecular flexibility index (Phi) is 8.38. The summed E-state index contributed by atoms with van der Waals surface area (Å²) in [5.74, 6) is 1.73. The van der Waals surface area contributed by atoms with E-state index in [2.05, 4.69) is 27.7 Å². The van der Waals surface area contributed by atoms with Crippen molar-refractivity contribution in [3.05, 3.63) is 59.7 Å². The molecule has 2 aromatic rings. The zero-order valence-electron chi connectivity index (χ0n) is 17.0. The number of benzene rings is 2. The lowest BCUT2D eigenvalue weighted by atomic mass is 9.99. The van der Waals surface area contributed by atoms with Crippen LogP contribution in [0.15, 0.2) is 48.5 Å². The van der Waals surface area contributed by atoms with Gasteiger partial charge in [0, 0.05) is 0 Å². The Morgan fingerprint density at radius 1 is 0.889 bits per heavy atom. The number of rotatable bonds is 10. The van der Waals surface area contributed by atoms with Crippen molar-refractivity contribution < 1.29 is 14.3 Å². The Hall–Kier alpha value is -2.29. The second-order valence-corrected chi connectivity index (χ2v) is 7.33. The van der Waals surface area contributed by atoms with Crippen LogP contribution >= 0.6 is 0 Å². The number of carbonyl (C=O) groups is 1. The monoisotopic (exact) mass is 368 g/mol. The van der Waals surface area contributed by atoms with E-state index in [0.29, 0.717) is 11.3 Å². The molecule has 0 aliphatic carbocycles. The van der Waals surface area contributed by atoms with Gasteiger partial charge in [0.15, 0.2) is 0 Å². The first-order valence-corrected chi connectivity index (χ1v) is 10.1. The smallest absolute Gasteiger partial charge is 0.343 e. The van der Waals surface area contributed by atoms with Gasteiger partial charge < -0.3 is 9.47 Å². The van der Waals surface area contributed by atoms with Crippen LogP contribution in [0.1, 0.15) is 69.3 Å². The molecule has 146 valence electrons. The van der Waals surface area contributed by atoms with Crippen molar-refractivity contribution in [3.8, 4) is 11.5 Å². The van der Waals surface area contributed by atoms with Gasteiger partial charge in [-0.15, -0.1) is 0 Å². The Morgan fingerprint density at radius 2 is 1.52 bits per heavy atom. The first-order chi connectivity index (χ1) is 13.0. The summed E-state index contributed by atoms with van der Waals surface area (Å²) in [6.07, 6.45) is 5.71.